The summed E-state index contributed by atoms with van der Waals surface area (Å²) in [5, 5.41) is 0. The van der Waals surface area contributed by atoms with Crippen molar-refractivity contribution < 1.29 is 8.42 Å². The lowest BCUT2D eigenvalue weighted by Gasteiger charge is -2.09. The molecule has 0 saturated heterocycles. The van der Waals surface area contributed by atoms with Crippen molar-refractivity contribution in [2.24, 2.45) is 0 Å². The lowest BCUT2D eigenvalue weighted by molar-refractivity contribution is 0.601. The van der Waals surface area contributed by atoms with E-state index >= 15 is 0 Å². The molecule has 0 unspecified atom stereocenters. The number of sulfonamides is 1. The Balaban J connectivity index is 1.63. The summed E-state index contributed by atoms with van der Waals surface area (Å²) in [7, 11) is -3.65. The molecule has 2 heterocycles. The molecule has 0 aliphatic carbocycles. The molecule has 1 N–H and O–H groups in total. The van der Waals surface area contributed by atoms with Crippen molar-refractivity contribution in [3.63, 3.8) is 0 Å². The molecule has 0 spiro atoms. The number of nitrogens with one attached hydrogen (secondary N) is 1. The van der Waals surface area contributed by atoms with Crippen LogP contribution in [0.2, 0.25) is 0 Å². The molecule has 0 saturated carbocycles. The minimum absolute atomic E-state index is 0.238. The van der Waals surface area contributed by atoms with Crippen LogP contribution in [-0.4, -0.2) is 22.8 Å². The number of rotatable bonds is 5. The lowest BCUT2D eigenvalue weighted by Crippen LogP contribution is -2.12. The van der Waals surface area contributed by atoms with Gasteiger partial charge in [0.05, 0.1) is 10.6 Å². The minimum Gasteiger partial charge on any atom is -0.291 e. The van der Waals surface area contributed by atoms with Gasteiger partial charge in [-0.2, -0.15) is 0 Å². The maximum absolute atomic E-state index is 12.6. The van der Waals surface area contributed by atoms with Gasteiger partial charge in [0.15, 0.2) is 0 Å². The van der Waals surface area contributed by atoms with Gasteiger partial charge in [-0.1, -0.05) is 31.2 Å². The van der Waals surface area contributed by atoms with Crippen molar-refractivity contribution in [1.82, 2.24) is 14.4 Å². The maximum atomic E-state index is 12.6. The van der Waals surface area contributed by atoms with Crippen molar-refractivity contribution in [3.8, 4) is 11.3 Å². The van der Waals surface area contributed by atoms with E-state index in [2.05, 4.69) is 14.7 Å². The van der Waals surface area contributed by atoms with Gasteiger partial charge in [-0.3, -0.25) is 9.12 Å². The Labute approximate surface area is 157 Å². The highest BCUT2D eigenvalue weighted by molar-refractivity contribution is 7.92. The number of imidazole rings is 1. The van der Waals surface area contributed by atoms with Gasteiger partial charge in [-0.05, 0) is 42.3 Å². The third kappa shape index (κ3) is 3.54. The number of fused-ring (bicyclic) bond motifs is 1. The van der Waals surface area contributed by atoms with Crippen molar-refractivity contribution in [3.05, 3.63) is 78.8 Å². The predicted octanol–water partition coefficient (Wildman–Crippen LogP) is 3.76. The van der Waals surface area contributed by atoms with E-state index < -0.39 is 10.0 Å². The normalized spacial score (nSPS) is 11.6. The highest BCUT2D eigenvalue weighted by Gasteiger charge is 2.15. The predicted molar refractivity (Wildman–Crippen MR) is 105 cm³/mol. The van der Waals surface area contributed by atoms with Gasteiger partial charge >= 0.3 is 0 Å². The average Bonchev–Trinajstić information content (AvgIpc) is 3.12. The quantitative estimate of drug-likeness (QED) is 0.574. The van der Waals surface area contributed by atoms with Gasteiger partial charge in [0.2, 0.25) is 5.78 Å². The molecule has 7 heteroatoms. The van der Waals surface area contributed by atoms with Crippen LogP contribution in [0.15, 0.2) is 78.1 Å². The van der Waals surface area contributed by atoms with E-state index in [9.17, 15) is 8.42 Å². The van der Waals surface area contributed by atoms with Gasteiger partial charge < -0.3 is 0 Å². The number of benzene rings is 2. The summed E-state index contributed by atoms with van der Waals surface area (Å²) in [6.45, 7) is 2.03. The van der Waals surface area contributed by atoms with Crippen LogP contribution in [-0.2, 0) is 16.4 Å². The van der Waals surface area contributed by atoms with Crippen molar-refractivity contribution >= 4 is 21.5 Å². The number of hydrogen-bond acceptors (Lipinski definition) is 4. The number of aromatic nitrogens is 3. The highest BCUT2D eigenvalue weighted by atomic mass is 32.2. The minimum atomic E-state index is -3.65. The van der Waals surface area contributed by atoms with Crippen molar-refractivity contribution in [2.45, 2.75) is 18.2 Å². The van der Waals surface area contributed by atoms with E-state index in [1.807, 2.05) is 48.0 Å². The maximum Gasteiger partial charge on any atom is 0.261 e. The Kier molecular flexibility index (Phi) is 4.37. The summed E-state index contributed by atoms with van der Waals surface area (Å²) in [5.74, 6) is 0.592. The van der Waals surface area contributed by atoms with Gasteiger partial charge in [0, 0.05) is 29.8 Å². The summed E-state index contributed by atoms with van der Waals surface area (Å²) >= 11 is 0. The summed E-state index contributed by atoms with van der Waals surface area (Å²) in [5.41, 5.74) is 3.11. The number of hydrogen-bond donors (Lipinski definition) is 1. The molecule has 4 rings (SSSR count). The molecule has 2 aromatic carbocycles. The zero-order valence-electron chi connectivity index (χ0n) is 14.7. The number of aryl methyl sites for hydroxylation is 1. The second-order valence-electron chi connectivity index (χ2n) is 6.14. The number of anilines is 1. The van der Waals surface area contributed by atoms with Crippen LogP contribution in [0.3, 0.4) is 0 Å². The Bertz CT molecular complexity index is 1170. The molecule has 0 bridgehead atoms. The Morgan fingerprint density at radius 3 is 2.63 bits per heavy atom. The zero-order chi connectivity index (χ0) is 18.9. The summed E-state index contributed by atoms with van der Waals surface area (Å²) in [4.78, 5) is 8.91. The smallest absolute Gasteiger partial charge is 0.261 e. The standard InChI is InChI=1S/C20H18N4O2S/c1-2-15-7-9-18(10-8-15)27(25,26)23-17-6-3-5-16(13-17)19-14-24-12-4-11-21-20(24)22-19/h3-14,23H,2H2,1H3. The van der Waals surface area contributed by atoms with Gasteiger partial charge in [0.25, 0.3) is 10.0 Å². The molecule has 0 aliphatic heterocycles. The van der Waals surface area contributed by atoms with E-state index in [0.717, 1.165) is 23.2 Å². The van der Waals surface area contributed by atoms with Crippen molar-refractivity contribution in [1.29, 1.82) is 0 Å². The topological polar surface area (TPSA) is 76.4 Å². The van der Waals surface area contributed by atoms with Gasteiger partial charge in [-0.25, -0.2) is 18.4 Å². The van der Waals surface area contributed by atoms with Crippen LogP contribution < -0.4 is 4.72 Å². The monoisotopic (exact) mass is 378 g/mol. The largest absolute Gasteiger partial charge is 0.291 e. The molecule has 0 aliphatic rings. The van der Waals surface area contributed by atoms with Crippen LogP contribution in [0.5, 0.6) is 0 Å². The molecule has 6 nitrogen and oxygen atoms in total. The molecule has 0 fully saturated rings. The van der Waals surface area contributed by atoms with Gasteiger partial charge in [0.1, 0.15) is 0 Å². The lowest BCUT2D eigenvalue weighted by atomic mass is 10.1. The van der Waals surface area contributed by atoms with E-state index in [1.54, 1.807) is 36.5 Å². The molecule has 0 radical (unpaired) electrons. The molecule has 27 heavy (non-hydrogen) atoms. The first-order chi connectivity index (χ1) is 13.0. The van der Waals surface area contributed by atoms with E-state index in [1.165, 1.54) is 0 Å². The van der Waals surface area contributed by atoms with E-state index in [-0.39, 0.29) is 4.90 Å². The van der Waals surface area contributed by atoms with Crippen LogP contribution in [0, 0.1) is 0 Å². The fourth-order valence-electron chi connectivity index (χ4n) is 2.83. The Morgan fingerprint density at radius 2 is 1.89 bits per heavy atom. The van der Waals surface area contributed by atoms with Gasteiger partial charge in [-0.15, -0.1) is 0 Å². The average molecular weight is 378 g/mol. The van der Waals surface area contributed by atoms with Crippen LogP contribution in [0.1, 0.15) is 12.5 Å². The second-order valence-corrected chi connectivity index (χ2v) is 7.82. The van der Waals surface area contributed by atoms with E-state index in [4.69, 9.17) is 0 Å². The fraction of sp³-hybridized carbons (Fsp3) is 0.100. The Morgan fingerprint density at radius 1 is 1.07 bits per heavy atom. The third-order valence-electron chi connectivity index (χ3n) is 4.29. The van der Waals surface area contributed by atoms with E-state index in [0.29, 0.717) is 11.5 Å². The zero-order valence-corrected chi connectivity index (χ0v) is 15.5. The second kappa shape index (κ2) is 6.85. The number of nitrogens with zero attached hydrogens (tertiary/aromatic N) is 3. The molecular weight excluding hydrogens is 360 g/mol. The molecule has 0 atom stereocenters. The SMILES string of the molecule is CCc1ccc(S(=O)(=O)Nc2cccc(-c3cn4cccnc4n3)c2)cc1. The van der Waals surface area contributed by atoms with Crippen LogP contribution in [0.25, 0.3) is 17.0 Å². The molecule has 136 valence electrons. The van der Waals surface area contributed by atoms with Crippen molar-refractivity contribution in [2.75, 3.05) is 4.72 Å². The highest BCUT2D eigenvalue weighted by Crippen LogP contribution is 2.24. The summed E-state index contributed by atoms with van der Waals surface area (Å²) in [6.07, 6.45) is 6.27. The molecular formula is C20H18N4O2S. The fourth-order valence-corrected chi connectivity index (χ4v) is 3.88. The molecule has 4 aromatic rings. The summed E-state index contributed by atoms with van der Waals surface area (Å²) in [6, 6.07) is 15.9. The third-order valence-corrected chi connectivity index (χ3v) is 5.69. The van der Waals surface area contributed by atoms with Crippen LogP contribution >= 0.6 is 0 Å². The first-order valence-electron chi connectivity index (χ1n) is 8.57. The summed E-state index contributed by atoms with van der Waals surface area (Å²) < 4.78 is 29.8. The first-order valence-corrected chi connectivity index (χ1v) is 10.1. The van der Waals surface area contributed by atoms with Crippen LogP contribution in [0.4, 0.5) is 5.69 Å². The first kappa shape index (κ1) is 17.2. The Hall–Kier alpha value is -3.19. The molecule has 0 amide bonds. The molecule has 2 aromatic heterocycles.